The number of carbonyl (C=O) groups excluding carboxylic acids is 1. The number of carbonyl (C=O) groups is 1. The van der Waals surface area contributed by atoms with E-state index in [0.29, 0.717) is 28.5 Å². The number of hydrogen-bond acceptors (Lipinski definition) is 7. The van der Waals surface area contributed by atoms with Gasteiger partial charge in [0.25, 0.3) is 5.22 Å². The van der Waals surface area contributed by atoms with Crippen molar-refractivity contribution < 1.29 is 13.9 Å². The van der Waals surface area contributed by atoms with Gasteiger partial charge in [0.15, 0.2) is 5.78 Å². The fourth-order valence-corrected chi connectivity index (χ4v) is 3.53. The summed E-state index contributed by atoms with van der Waals surface area (Å²) in [5.74, 6) is 0.337. The molecule has 0 fully saturated rings. The number of ether oxygens (including phenoxy) is 1. The highest BCUT2D eigenvalue weighted by molar-refractivity contribution is 9.10. The topological polar surface area (TPSA) is 93.9 Å². The minimum atomic E-state index is -0.155. The molecule has 0 saturated carbocycles. The standard InChI is InChI=1S/C15H15BrN4O3S/c1-4-8-11(16)10-12(17-8)19-14(20-13(10)22-5-2)24-15-18-9(6-23-15)7(3)21/h6H,4-5H2,1-3H3,(H,17,19,20). The molecule has 3 aromatic rings. The van der Waals surface area contributed by atoms with Gasteiger partial charge in [-0.15, -0.1) is 0 Å². The summed E-state index contributed by atoms with van der Waals surface area (Å²) in [6.45, 7) is 5.87. The lowest BCUT2D eigenvalue weighted by Gasteiger charge is -2.05. The Morgan fingerprint density at radius 2 is 2.17 bits per heavy atom. The number of aromatic nitrogens is 4. The average molecular weight is 411 g/mol. The minimum Gasteiger partial charge on any atom is -0.477 e. The molecule has 126 valence electrons. The van der Waals surface area contributed by atoms with E-state index in [1.165, 1.54) is 13.2 Å². The number of H-pyrrole nitrogens is 1. The van der Waals surface area contributed by atoms with E-state index in [1.54, 1.807) is 0 Å². The van der Waals surface area contributed by atoms with E-state index >= 15 is 0 Å². The van der Waals surface area contributed by atoms with Gasteiger partial charge >= 0.3 is 0 Å². The summed E-state index contributed by atoms with van der Waals surface area (Å²) >= 11 is 4.71. The highest BCUT2D eigenvalue weighted by atomic mass is 79.9. The second-order valence-corrected chi connectivity index (χ2v) is 6.61. The van der Waals surface area contributed by atoms with Gasteiger partial charge in [0.2, 0.25) is 11.0 Å². The maximum Gasteiger partial charge on any atom is 0.264 e. The van der Waals surface area contributed by atoms with E-state index in [2.05, 4.69) is 42.8 Å². The van der Waals surface area contributed by atoms with Crippen LogP contribution in [0.4, 0.5) is 0 Å². The molecule has 0 aliphatic carbocycles. The van der Waals surface area contributed by atoms with Crippen molar-refractivity contribution in [2.75, 3.05) is 6.61 Å². The highest BCUT2D eigenvalue weighted by Crippen LogP contribution is 2.36. The van der Waals surface area contributed by atoms with Crippen molar-refractivity contribution in [3.05, 3.63) is 22.1 Å². The first-order valence-corrected chi connectivity index (χ1v) is 8.99. The molecule has 9 heteroatoms. The summed E-state index contributed by atoms with van der Waals surface area (Å²) in [5.41, 5.74) is 1.98. The van der Waals surface area contributed by atoms with Gasteiger partial charge in [-0.25, -0.2) is 9.97 Å². The molecule has 7 nitrogen and oxygen atoms in total. The van der Waals surface area contributed by atoms with Gasteiger partial charge in [-0.1, -0.05) is 6.92 Å². The number of hydrogen-bond donors (Lipinski definition) is 1. The molecule has 0 aromatic carbocycles. The van der Waals surface area contributed by atoms with Gasteiger partial charge in [0.1, 0.15) is 17.6 Å². The molecule has 3 rings (SSSR count). The van der Waals surface area contributed by atoms with Crippen LogP contribution < -0.4 is 4.74 Å². The Morgan fingerprint density at radius 1 is 1.38 bits per heavy atom. The summed E-state index contributed by atoms with van der Waals surface area (Å²) in [7, 11) is 0. The maximum absolute atomic E-state index is 11.3. The van der Waals surface area contributed by atoms with Gasteiger partial charge in [-0.05, 0) is 29.3 Å². The average Bonchev–Trinajstić information content (AvgIpc) is 3.12. The molecule has 0 amide bonds. The van der Waals surface area contributed by atoms with Crippen LogP contribution in [0.15, 0.2) is 25.5 Å². The predicted molar refractivity (Wildman–Crippen MR) is 92.8 cm³/mol. The Bertz CT molecular complexity index is 906. The normalized spacial score (nSPS) is 11.2. The molecule has 0 atom stereocenters. The molecular formula is C15H15BrN4O3S. The van der Waals surface area contributed by atoms with E-state index in [9.17, 15) is 4.79 Å². The van der Waals surface area contributed by atoms with Gasteiger partial charge in [0, 0.05) is 24.4 Å². The second kappa shape index (κ2) is 6.94. The largest absolute Gasteiger partial charge is 0.477 e. The predicted octanol–water partition coefficient (Wildman–Crippen LogP) is 4.02. The van der Waals surface area contributed by atoms with Crippen LogP contribution in [0, 0.1) is 0 Å². The van der Waals surface area contributed by atoms with E-state index in [-0.39, 0.29) is 11.5 Å². The zero-order valence-corrected chi connectivity index (χ0v) is 15.7. The summed E-state index contributed by atoms with van der Waals surface area (Å²) in [6, 6.07) is 0. The van der Waals surface area contributed by atoms with Crippen LogP contribution in [0.1, 0.15) is 37.0 Å². The number of oxazole rings is 1. The lowest BCUT2D eigenvalue weighted by atomic mass is 10.3. The zero-order valence-electron chi connectivity index (χ0n) is 13.3. The Balaban J connectivity index is 2.02. The van der Waals surface area contributed by atoms with Crippen molar-refractivity contribution >= 4 is 44.5 Å². The second-order valence-electron chi connectivity index (χ2n) is 4.90. The Kier molecular flexibility index (Phi) is 4.91. The molecule has 0 unspecified atom stereocenters. The fourth-order valence-electron chi connectivity index (χ4n) is 2.13. The molecule has 0 spiro atoms. The first-order valence-electron chi connectivity index (χ1n) is 7.38. The molecule has 3 heterocycles. The summed E-state index contributed by atoms with van der Waals surface area (Å²) in [5, 5.41) is 1.55. The molecule has 24 heavy (non-hydrogen) atoms. The van der Waals surface area contributed by atoms with Crippen molar-refractivity contribution in [2.45, 2.75) is 37.6 Å². The fraction of sp³-hybridized carbons (Fsp3) is 0.333. The highest BCUT2D eigenvalue weighted by Gasteiger charge is 2.19. The number of aryl methyl sites for hydroxylation is 1. The lowest BCUT2D eigenvalue weighted by Crippen LogP contribution is -1.98. The third-order valence-electron chi connectivity index (χ3n) is 3.27. The Labute approximate surface area is 150 Å². The molecule has 1 N–H and O–H groups in total. The SMILES string of the molecule is CCOc1nc(Sc2nc(C(C)=O)co2)nc2[nH]c(CC)c(Br)c12. The van der Waals surface area contributed by atoms with Crippen LogP contribution in [0.25, 0.3) is 11.0 Å². The summed E-state index contributed by atoms with van der Waals surface area (Å²) in [6.07, 6.45) is 2.15. The van der Waals surface area contributed by atoms with Crippen LogP contribution in [0.3, 0.4) is 0 Å². The monoisotopic (exact) mass is 410 g/mol. The van der Waals surface area contributed by atoms with Crippen LogP contribution in [-0.4, -0.2) is 32.3 Å². The third kappa shape index (κ3) is 3.18. The van der Waals surface area contributed by atoms with Crippen molar-refractivity contribution in [1.29, 1.82) is 0 Å². The molecule has 0 aliphatic heterocycles. The Hall–Kier alpha value is -1.87. The number of nitrogens with zero attached hydrogens (tertiary/aromatic N) is 3. The number of halogens is 1. The van der Waals surface area contributed by atoms with Gasteiger partial charge in [0.05, 0.1) is 16.5 Å². The van der Waals surface area contributed by atoms with Crippen molar-refractivity contribution in [3.8, 4) is 5.88 Å². The molecule has 3 aromatic heterocycles. The van der Waals surface area contributed by atoms with Gasteiger partial charge in [-0.3, -0.25) is 4.79 Å². The first kappa shape index (κ1) is 17.0. The van der Waals surface area contributed by atoms with Crippen molar-refractivity contribution in [3.63, 3.8) is 0 Å². The van der Waals surface area contributed by atoms with E-state index in [0.717, 1.165) is 33.7 Å². The lowest BCUT2D eigenvalue weighted by molar-refractivity contribution is 0.101. The summed E-state index contributed by atoms with van der Waals surface area (Å²) < 4.78 is 11.9. The van der Waals surface area contributed by atoms with Gasteiger partial charge < -0.3 is 14.1 Å². The van der Waals surface area contributed by atoms with E-state index < -0.39 is 0 Å². The van der Waals surface area contributed by atoms with Crippen molar-refractivity contribution in [2.24, 2.45) is 0 Å². The first-order chi connectivity index (χ1) is 11.5. The number of nitrogens with one attached hydrogen (secondary N) is 1. The van der Waals surface area contributed by atoms with E-state index in [4.69, 9.17) is 9.15 Å². The van der Waals surface area contributed by atoms with E-state index in [1.807, 2.05) is 6.92 Å². The van der Waals surface area contributed by atoms with Crippen molar-refractivity contribution in [1.82, 2.24) is 19.9 Å². The smallest absolute Gasteiger partial charge is 0.264 e. The van der Waals surface area contributed by atoms with Crippen LogP contribution in [0.5, 0.6) is 5.88 Å². The zero-order chi connectivity index (χ0) is 17.3. The number of rotatable bonds is 6. The number of fused-ring (bicyclic) bond motifs is 1. The minimum absolute atomic E-state index is 0.155. The van der Waals surface area contributed by atoms with Crippen LogP contribution in [0.2, 0.25) is 0 Å². The molecule has 0 aliphatic rings. The third-order valence-corrected chi connectivity index (χ3v) is 4.87. The number of aromatic amines is 1. The molecular weight excluding hydrogens is 396 g/mol. The number of ketones is 1. The van der Waals surface area contributed by atoms with Crippen LogP contribution in [-0.2, 0) is 6.42 Å². The summed E-state index contributed by atoms with van der Waals surface area (Å²) in [4.78, 5) is 27.6. The maximum atomic E-state index is 11.3. The molecule has 0 bridgehead atoms. The van der Waals surface area contributed by atoms with Crippen LogP contribution >= 0.6 is 27.7 Å². The quantitative estimate of drug-likeness (QED) is 0.484. The Morgan fingerprint density at radius 3 is 2.79 bits per heavy atom. The van der Waals surface area contributed by atoms with Gasteiger partial charge in [-0.2, -0.15) is 4.98 Å². The molecule has 0 saturated heterocycles. The number of Topliss-reactive ketones (excluding diaryl/α,β-unsaturated/α-hetero) is 1. The molecule has 0 radical (unpaired) electrons.